The van der Waals surface area contributed by atoms with E-state index in [1.54, 1.807) is 28.7 Å². The average molecular weight is 279 g/mol. The van der Waals surface area contributed by atoms with Crippen molar-refractivity contribution in [1.29, 1.82) is 0 Å². The molecule has 0 spiro atoms. The third-order valence-corrected chi connectivity index (χ3v) is 3.24. The lowest BCUT2D eigenvalue weighted by Crippen LogP contribution is -1.92. The van der Waals surface area contributed by atoms with Crippen molar-refractivity contribution in [3.8, 4) is 11.4 Å². The van der Waals surface area contributed by atoms with Crippen molar-refractivity contribution in [2.75, 3.05) is 5.73 Å². The van der Waals surface area contributed by atoms with Gasteiger partial charge in [-0.05, 0) is 30.3 Å². The van der Waals surface area contributed by atoms with Gasteiger partial charge >= 0.3 is 0 Å². The fourth-order valence-corrected chi connectivity index (χ4v) is 2.19. The maximum absolute atomic E-state index is 6.16. The van der Waals surface area contributed by atoms with Crippen LogP contribution < -0.4 is 5.73 Å². The van der Waals surface area contributed by atoms with Crippen molar-refractivity contribution in [1.82, 2.24) is 14.6 Å². The van der Waals surface area contributed by atoms with E-state index in [1.807, 2.05) is 12.3 Å². The molecule has 0 fully saturated rings. The molecule has 0 saturated heterocycles. The summed E-state index contributed by atoms with van der Waals surface area (Å²) >= 11 is 12.2. The van der Waals surface area contributed by atoms with E-state index in [9.17, 15) is 0 Å². The molecule has 90 valence electrons. The summed E-state index contributed by atoms with van der Waals surface area (Å²) in [6.45, 7) is 0. The molecule has 0 unspecified atom stereocenters. The Morgan fingerprint density at radius 3 is 2.72 bits per heavy atom. The number of hydrogen-bond donors (Lipinski definition) is 1. The highest BCUT2D eigenvalue weighted by molar-refractivity contribution is 6.34. The van der Waals surface area contributed by atoms with Crippen LogP contribution >= 0.6 is 23.2 Å². The molecule has 3 aromatic rings. The fraction of sp³-hybridized carbons (Fsp3) is 0. The van der Waals surface area contributed by atoms with Crippen molar-refractivity contribution >= 4 is 34.5 Å². The third kappa shape index (κ3) is 1.70. The SMILES string of the molecule is Nc1ccc(Cl)c(-c2nnc3c(Cl)cccn23)c1. The smallest absolute Gasteiger partial charge is 0.179 e. The van der Waals surface area contributed by atoms with Gasteiger partial charge in [0.25, 0.3) is 0 Å². The Morgan fingerprint density at radius 1 is 1.06 bits per heavy atom. The van der Waals surface area contributed by atoms with Crippen LogP contribution in [0.4, 0.5) is 5.69 Å². The topological polar surface area (TPSA) is 56.2 Å². The van der Waals surface area contributed by atoms with Crippen LogP contribution in [0, 0.1) is 0 Å². The molecule has 0 aliphatic carbocycles. The Balaban J connectivity index is 2.32. The second-order valence-electron chi connectivity index (χ2n) is 3.81. The Labute approximate surface area is 113 Å². The number of hydrogen-bond acceptors (Lipinski definition) is 3. The number of benzene rings is 1. The van der Waals surface area contributed by atoms with Crippen molar-refractivity contribution in [2.45, 2.75) is 0 Å². The van der Waals surface area contributed by atoms with E-state index < -0.39 is 0 Å². The largest absolute Gasteiger partial charge is 0.399 e. The Kier molecular flexibility index (Phi) is 2.61. The first-order valence-electron chi connectivity index (χ1n) is 5.21. The van der Waals surface area contributed by atoms with E-state index in [4.69, 9.17) is 28.9 Å². The van der Waals surface area contributed by atoms with E-state index in [0.717, 1.165) is 5.56 Å². The van der Waals surface area contributed by atoms with Crippen LogP contribution in [-0.2, 0) is 0 Å². The number of pyridine rings is 1. The van der Waals surface area contributed by atoms with Crippen molar-refractivity contribution in [3.05, 3.63) is 46.6 Å². The molecule has 1 aromatic carbocycles. The number of nitrogens with two attached hydrogens (primary N) is 1. The fourth-order valence-electron chi connectivity index (χ4n) is 1.78. The number of nitrogen functional groups attached to an aromatic ring is 1. The molecule has 0 radical (unpaired) electrons. The van der Waals surface area contributed by atoms with Crippen molar-refractivity contribution in [2.24, 2.45) is 0 Å². The van der Waals surface area contributed by atoms with Crippen LogP contribution in [-0.4, -0.2) is 14.6 Å². The molecule has 2 heterocycles. The quantitative estimate of drug-likeness (QED) is 0.695. The monoisotopic (exact) mass is 278 g/mol. The molecule has 0 saturated carbocycles. The molecule has 0 bridgehead atoms. The first-order valence-corrected chi connectivity index (χ1v) is 5.97. The molecule has 0 atom stereocenters. The maximum atomic E-state index is 6.16. The van der Waals surface area contributed by atoms with E-state index in [2.05, 4.69) is 10.2 Å². The molecule has 2 aromatic heterocycles. The molecule has 0 aliphatic heterocycles. The summed E-state index contributed by atoms with van der Waals surface area (Å²) in [6.07, 6.45) is 1.83. The zero-order valence-electron chi connectivity index (χ0n) is 9.14. The lowest BCUT2D eigenvalue weighted by molar-refractivity contribution is 1.11. The normalized spacial score (nSPS) is 11.0. The standard InChI is InChI=1S/C12H8Cl2N4/c13-9-4-3-7(15)6-8(9)11-16-17-12-10(14)2-1-5-18(11)12/h1-6H,15H2. The maximum Gasteiger partial charge on any atom is 0.179 e. The average Bonchev–Trinajstić information content (AvgIpc) is 2.77. The Morgan fingerprint density at radius 2 is 1.89 bits per heavy atom. The lowest BCUT2D eigenvalue weighted by Gasteiger charge is -2.04. The minimum Gasteiger partial charge on any atom is -0.399 e. The number of fused-ring (bicyclic) bond motifs is 1. The number of aromatic nitrogens is 3. The van der Waals surface area contributed by atoms with Crippen LogP contribution in [0.5, 0.6) is 0 Å². The molecule has 18 heavy (non-hydrogen) atoms. The van der Waals surface area contributed by atoms with Gasteiger partial charge in [0, 0.05) is 17.4 Å². The van der Waals surface area contributed by atoms with E-state index in [1.165, 1.54) is 0 Å². The highest BCUT2D eigenvalue weighted by Crippen LogP contribution is 2.29. The van der Waals surface area contributed by atoms with Gasteiger partial charge in [0.1, 0.15) is 0 Å². The second-order valence-corrected chi connectivity index (χ2v) is 4.63. The first kappa shape index (κ1) is 11.3. The number of rotatable bonds is 1. The van der Waals surface area contributed by atoms with Crippen molar-refractivity contribution in [3.63, 3.8) is 0 Å². The van der Waals surface area contributed by atoms with Crippen LogP contribution in [0.25, 0.3) is 17.0 Å². The highest BCUT2D eigenvalue weighted by Gasteiger charge is 2.13. The first-order chi connectivity index (χ1) is 8.66. The van der Waals surface area contributed by atoms with Crippen LogP contribution in [0.15, 0.2) is 36.5 Å². The molecular formula is C12H8Cl2N4. The summed E-state index contributed by atoms with van der Waals surface area (Å²) in [5.41, 5.74) is 7.70. The van der Waals surface area contributed by atoms with Gasteiger partial charge in [-0.1, -0.05) is 23.2 Å². The van der Waals surface area contributed by atoms with E-state index >= 15 is 0 Å². The molecule has 0 aliphatic rings. The highest BCUT2D eigenvalue weighted by atomic mass is 35.5. The predicted molar refractivity (Wildman–Crippen MR) is 72.9 cm³/mol. The molecular weight excluding hydrogens is 271 g/mol. The molecule has 0 amide bonds. The number of halogens is 2. The molecule has 4 nitrogen and oxygen atoms in total. The summed E-state index contributed by atoms with van der Waals surface area (Å²) < 4.78 is 1.78. The van der Waals surface area contributed by atoms with Crippen LogP contribution in [0.1, 0.15) is 0 Å². The van der Waals surface area contributed by atoms with Gasteiger partial charge in [-0.2, -0.15) is 0 Å². The Bertz CT molecular complexity index is 736. The van der Waals surface area contributed by atoms with Crippen LogP contribution in [0.3, 0.4) is 0 Å². The summed E-state index contributed by atoms with van der Waals surface area (Å²) in [7, 11) is 0. The summed E-state index contributed by atoms with van der Waals surface area (Å²) in [5.74, 6) is 0.616. The zero-order chi connectivity index (χ0) is 12.7. The van der Waals surface area contributed by atoms with Gasteiger partial charge in [-0.15, -0.1) is 10.2 Å². The predicted octanol–water partition coefficient (Wildman–Crippen LogP) is 3.29. The molecule has 2 N–H and O–H groups in total. The number of nitrogens with zero attached hydrogens (tertiary/aromatic N) is 3. The summed E-state index contributed by atoms with van der Waals surface area (Å²) in [6, 6.07) is 8.82. The summed E-state index contributed by atoms with van der Waals surface area (Å²) in [5, 5.41) is 9.27. The van der Waals surface area contributed by atoms with Crippen molar-refractivity contribution < 1.29 is 0 Å². The number of anilines is 1. The molecule has 3 rings (SSSR count). The Hall–Kier alpha value is -1.78. The summed E-state index contributed by atoms with van der Waals surface area (Å²) in [4.78, 5) is 0. The van der Waals surface area contributed by atoms with E-state index in [-0.39, 0.29) is 0 Å². The van der Waals surface area contributed by atoms with Gasteiger partial charge in [0.05, 0.1) is 10.0 Å². The molecule has 6 heteroatoms. The third-order valence-electron chi connectivity index (χ3n) is 2.62. The van der Waals surface area contributed by atoms with E-state index in [0.29, 0.717) is 27.2 Å². The second kappa shape index (κ2) is 4.15. The van der Waals surface area contributed by atoms with Gasteiger partial charge in [0.2, 0.25) is 0 Å². The lowest BCUT2D eigenvalue weighted by atomic mass is 10.2. The van der Waals surface area contributed by atoms with Gasteiger partial charge < -0.3 is 5.73 Å². The minimum atomic E-state index is 0.538. The van der Waals surface area contributed by atoms with Gasteiger partial charge in [0.15, 0.2) is 11.5 Å². The van der Waals surface area contributed by atoms with Crippen LogP contribution in [0.2, 0.25) is 10.0 Å². The zero-order valence-corrected chi connectivity index (χ0v) is 10.7. The van der Waals surface area contributed by atoms with Gasteiger partial charge in [-0.3, -0.25) is 4.40 Å². The van der Waals surface area contributed by atoms with Gasteiger partial charge in [-0.25, -0.2) is 0 Å². The minimum absolute atomic E-state index is 0.538.